The molecule has 0 saturated carbocycles. The summed E-state index contributed by atoms with van der Waals surface area (Å²) >= 11 is 0. The Morgan fingerprint density at radius 3 is 2.30 bits per heavy atom. The molecule has 2 aromatic rings. The fraction of sp³-hybridized carbons (Fsp3) is 0.357. The number of rotatable bonds is 4. The number of nitrogens with one attached hydrogen (secondary N) is 1. The minimum absolute atomic E-state index is 0.0223. The van der Waals surface area contributed by atoms with Crippen LogP contribution < -0.4 is 15.8 Å². The van der Waals surface area contributed by atoms with E-state index in [9.17, 15) is 0 Å². The van der Waals surface area contributed by atoms with Crippen LogP contribution in [0.1, 0.15) is 25.0 Å². The van der Waals surface area contributed by atoms with Crippen molar-refractivity contribution in [1.29, 1.82) is 0 Å². The van der Waals surface area contributed by atoms with Gasteiger partial charge in [0, 0.05) is 5.69 Å². The lowest BCUT2D eigenvalue weighted by Gasteiger charge is -2.11. The van der Waals surface area contributed by atoms with Gasteiger partial charge >= 0.3 is 6.01 Å². The third kappa shape index (κ3) is 3.81. The Hall–Kier alpha value is -2.37. The predicted octanol–water partition coefficient (Wildman–Crippen LogP) is 2.60. The minimum atomic E-state index is -0.0223. The molecule has 0 fully saturated rings. The Morgan fingerprint density at radius 1 is 1.05 bits per heavy atom. The molecule has 6 nitrogen and oxygen atoms in total. The molecule has 1 aromatic heterocycles. The van der Waals surface area contributed by atoms with E-state index in [0.717, 1.165) is 16.8 Å². The first-order valence-corrected chi connectivity index (χ1v) is 6.46. The Bertz CT molecular complexity index is 592. The standard InChI is InChI=1S/C14H19N5O/c1-8(2)20-14-18-12(15)17-13(19-14)16-11-6-9(3)5-10(4)7-11/h5-8H,1-4H3,(H3,15,16,17,18,19). The van der Waals surface area contributed by atoms with E-state index < -0.39 is 0 Å². The van der Waals surface area contributed by atoms with Crippen LogP contribution in [0.15, 0.2) is 18.2 Å². The van der Waals surface area contributed by atoms with Crippen LogP contribution in [0.5, 0.6) is 6.01 Å². The molecular weight excluding hydrogens is 254 g/mol. The van der Waals surface area contributed by atoms with E-state index in [2.05, 4.69) is 26.3 Å². The Balaban J connectivity index is 2.26. The average molecular weight is 273 g/mol. The van der Waals surface area contributed by atoms with E-state index >= 15 is 0 Å². The number of nitrogens with two attached hydrogens (primary N) is 1. The van der Waals surface area contributed by atoms with Crippen molar-refractivity contribution in [1.82, 2.24) is 15.0 Å². The molecule has 1 aromatic carbocycles. The summed E-state index contributed by atoms with van der Waals surface area (Å²) in [7, 11) is 0. The van der Waals surface area contributed by atoms with Crippen molar-refractivity contribution in [3.8, 4) is 6.01 Å². The van der Waals surface area contributed by atoms with Crippen molar-refractivity contribution in [3.63, 3.8) is 0 Å². The van der Waals surface area contributed by atoms with Crippen molar-refractivity contribution in [2.45, 2.75) is 33.8 Å². The summed E-state index contributed by atoms with van der Waals surface area (Å²) in [6.07, 6.45) is -0.0223. The van der Waals surface area contributed by atoms with Gasteiger partial charge in [-0.3, -0.25) is 0 Å². The van der Waals surface area contributed by atoms with Crippen LogP contribution in [0.25, 0.3) is 0 Å². The molecule has 0 atom stereocenters. The third-order valence-corrected chi connectivity index (χ3v) is 2.45. The van der Waals surface area contributed by atoms with E-state index in [4.69, 9.17) is 10.5 Å². The number of aryl methyl sites for hydroxylation is 2. The highest BCUT2D eigenvalue weighted by Crippen LogP contribution is 2.19. The predicted molar refractivity (Wildman–Crippen MR) is 79.2 cm³/mol. The van der Waals surface area contributed by atoms with Crippen LogP contribution in [-0.2, 0) is 0 Å². The van der Waals surface area contributed by atoms with Crippen molar-refractivity contribution >= 4 is 17.6 Å². The van der Waals surface area contributed by atoms with Gasteiger partial charge in [0.1, 0.15) is 0 Å². The first-order chi connectivity index (χ1) is 9.42. The summed E-state index contributed by atoms with van der Waals surface area (Å²) in [5.74, 6) is 0.501. The topological polar surface area (TPSA) is 86.0 Å². The molecule has 3 N–H and O–H groups in total. The van der Waals surface area contributed by atoms with Crippen LogP contribution in [0.4, 0.5) is 17.6 Å². The smallest absolute Gasteiger partial charge is 0.323 e. The lowest BCUT2D eigenvalue weighted by atomic mass is 10.1. The van der Waals surface area contributed by atoms with Gasteiger partial charge in [0.2, 0.25) is 11.9 Å². The van der Waals surface area contributed by atoms with Gasteiger partial charge in [-0.1, -0.05) is 6.07 Å². The van der Waals surface area contributed by atoms with Crippen molar-refractivity contribution in [2.24, 2.45) is 0 Å². The highest BCUT2D eigenvalue weighted by atomic mass is 16.5. The number of aromatic nitrogens is 3. The van der Waals surface area contributed by atoms with Crippen LogP contribution in [0, 0.1) is 13.8 Å². The summed E-state index contributed by atoms with van der Waals surface area (Å²) in [5.41, 5.74) is 8.89. The first kappa shape index (κ1) is 14.0. The number of hydrogen-bond donors (Lipinski definition) is 2. The van der Waals surface area contributed by atoms with Gasteiger partial charge in [-0.25, -0.2) is 0 Å². The van der Waals surface area contributed by atoms with Crippen LogP contribution in [0.3, 0.4) is 0 Å². The summed E-state index contributed by atoms with van der Waals surface area (Å²) in [5, 5.41) is 3.12. The minimum Gasteiger partial charge on any atom is -0.461 e. The van der Waals surface area contributed by atoms with Crippen LogP contribution in [-0.4, -0.2) is 21.1 Å². The molecule has 106 valence electrons. The monoisotopic (exact) mass is 273 g/mol. The molecule has 0 radical (unpaired) electrons. The number of nitrogen functional groups attached to an aromatic ring is 1. The zero-order valence-corrected chi connectivity index (χ0v) is 12.1. The number of nitrogens with zero attached hydrogens (tertiary/aromatic N) is 3. The Kier molecular flexibility index (Phi) is 4.02. The van der Waals surface area contributed by atoms with E-state index in [1.54, 1.807) is 0 Å². The molecular formula is C14H19N5O. The van der Waals surface area contributed by atoms with Gasteiger partial charge in [0.15, 0.2) is 0 Å². The lowest BCUT2D eigenvalue weighted by Crippen LogP contribution is -2.11. The highest BCUT2D eigenvalue weighted by Gasteiger charge is 2.07. The van der Waals surface area contributed by atoms with Gasteiger partial charge in [-0.15, -0.1) is 0 Å². The van der Waals surface area contributed by atoms with Crippen LogP contribution >= 0.6 is 0 Å². The van der Waals surface area contributed by atoms with Gasteiger partial charge in [0.25, 0.3) is 0 Å². The molecule has 0 bridgehead atoms. The maximum atomic E-state index is 5.67. The van der Waals surface area contributed by atoms with Crippen molar-refractivity contribution in [2.75, 3.05) is 11.1 Å². The second kappa shape index (κ2) is 5.73. The molecule has 20 heavy (non-hydrogen) atoms. The number of ether oxygens (including phenoxy) is 1. The second-order valence-corrected chi connectivity index (χ2v) is 4.97. The normalized spacial score (nSPS) is 10.7. The van der Waals surface area contributed by atoms with Gasteiger partial charge in [0.05, 0.1) is 6.10 Å². The maximum absolute atomic E-state index is 5.67. The quantitative estimate of drug-likeness (QED) is 0.890. The lowest BCUT2D eigenvalue weighted by molar-refractivity contribution is 0.222. The zero-order valence-electron chi connectivity index (χ0n) is 12.1. The van der Waals surface area contributed by atoms with E-state index in [1.807, 2.05) is 39.8 Å². The summed E-state index contributed by atoms with van der Waals surface area (Å²) in [6.45, 7) is 7.87. The molecule has 6 heteroatoms. The van der Waals surface area contributed by atoms with Gasteiger partial charge < -0.3 is 15.8 Å². The largest absolute Gasteiger partial charge is 0.461 e. The highest BCUT2D eigenvalue weighted by molar-refractivity contribution is 5.56. The van der Waals surface area contributed by atoms with Crippen LogP contribution in [0.2, 0.25) is 0 Å². The number of benzene rings is 1. The number of anilines is 3. The van der Waals surface area contributed by atoms with Crippen molar-refractivity contribution < 1.29 is 4.74 Å². The maximum Gasteiger partial charge on any atom is 0.323 e. The number of hydrogen-bond acceptors (Lipinski definition) is 6. The van der Waals surface area contributed by atoms with Crippen molar-refractivity contribution in [3.05, 3.63) is 29.3 Å². The fourth-order valence-electron chi connectivity index (χ4n) is 1.87. The molecule has 0 spiro atoms. The molecule has 1 heterocycles. The molecule has 2 rings (SSSR count). The third-order valence-electron chi connectivity index (χ3n) is 2.45. The Labute approximate surface area is 118 Å². The molecule has 0 unspecified atom stereocenters. The molecule has 0 aliphatic carbocycles. The molecule has 0 aliphatic rings. The van der Waals surface area contributed by atoms with E-state index in [0.29, 0.717) is 5.95 Å². The zero-order chi connectivity index (χ0) is 14.7. The van der Waals surface area contributed by atoms with Gasteiger partial charge in [-0.2, -0.15) is 15.0 Å². The molecule has 0 amide bonds. The summed E-state index contributed by atoms with van der Waals surface area (Å²) in [6, 6.07) is 6.34. The summed E-state index contributed by atoms with van der Waals surface area (Å²) in [4.78, 5) is 12.2. The summed E-state index contributed by atoms with van der Waals surface area (Å²) < 4.78 is 5.44. The SMILES string of the molecule is Cc1cc(C)cc(Nc2nc(N)nc(OC(C)C)n2)c1. The van der Waals surface area contributed by atoms with E-state index in [1.165, 1.54) is 0 Å². The van der Waals surface area contributed by atoms with E-state index in [-0.39, 0.29) is 18.1 Å². The average Bonchev–Trinajstić information content (AvgIpc) is 2.24. The molecule has 0 saturated heterocycles. The first-order valence-electron chi connectivity index (χ1n) is 6.46. The van der Waals surface area contributed by atoms with Gasteiger partial charge in [-0.05, 0) is 51.0 Å². The fourth-order valence-corrected chi connectivity index (χ4v) is 1.87. The Morgan fingerprint density at radius 2 is 1.70 bits per heavy atom. The second-order valence-electron chi connectivity index (χ2n) is 4.97. The molecule has 0 aliphatic heterocycles.